The molecule has 0 radical (unpaired) electrons. The van der Waals surface area contributed by atoms with Gasteiger partial charge in [0, 0.05) is 30.7 Å². The van der Waals surface area contributed by atoms with Crippen molar-refractivity contribution < 1.29 is 19.1 Å². The zero-order valence-electron chi connectivity index (χ0n) is 18.8. The molecule has 2 amide bonds. The average Bonchev–Trinajstić information content (AvgIpc) is 3.14. The first kappa shape index (κ1) is 22.3. The van der Waals surface area contributed by atoms with Crippen LogP contribution in [0, 0.1) is 13.8 Å². The quantitative estimate of drug-likeness (QED) is 0.387. The number of esters is 1. The third kappa shape index (κ3) is 4.26. The molecule has 0 aliphatic carbocycles. The largest absolute Gasteiger partial charge is 0.462 e. The molecule has 0 bridgehead atoms. The first-order valence-electron chi connectivity index (χ1n) is 10.6. The Morgan fingerprint density at radius 2 is 1.74 bits per heavy atom. The minimum atomic E-state index is -0.351. The molecule has 1 aromatic heterocycles. The number of hydrogen-bond acceptors (Lipinski definition) is 4. The first-order chi connectivity index (χ1) is 14.8. The smallest absolute Gasteiger partial charge is 0.338 e. The van der Waals surface area contributed by atoms with E-state index in [1.165, 1.54) is 10.0 Å². The summed E-state index contributed by atoms with van der Waals surface area (Å²) in [7, 11) is 1.63. The van der Waals surface area contributed by atoms with Crippen LogP contribution in [0.15, 0.2) is 35.9 Å². The van der Waals surface area contributed by atoms with Gasteiger partial charge in [-0.3, -0.25) is 14.6 Å². The highest BCUT2D eigenvalue weighted by atomic mass is 16.5. The van der Waals surface area contributed by atoms with E-state index < -0.39 is 0 Å². The van der Waals surface area contributed by atoms with Crippen LogP contribution in [-0.2, 0) is 14.3 Å². The number of benzene rings is 1. The van der Waals surface area contributed by atoms with E-state index in [0.29, 0.717) is 18.7 Å². The van der Waals surface area contributed by atoms with Gasteiger partial charge >= 0.3 is 5.97 Å². The number of rotatable bonds is 7. The van der Waals surface area contributed by atoms with Crippen LogP contribution in [0.25, 0.3) is 11.8 Å². The minimum Gasteiger partial charge on any atom is -0.462 e. The molecule has 1 aliphatic rings. The van der Waals surface area contributed by atoms with E-state index in [4.69, 9.17) is 4.74 Å². The van der Waals surface area contributed by atoms with Gasteiger partial charge in [-0.05, 0) is 69.2 Å². The van der Waals surface area contributed by atoms with Crippen molar-refractivity contribution in [1.29, 1.82) is 0 Å². The maximum Gasteiger partial charge on any atom is 0.338 e. The second-order valence-electron chi connectivity index (χ2n) is 7.60. The maximum absolute atomic E-state index is 12.8. The fourth-order valence-electron chi connectivity index (χ4n) is 3.78. The highest BCUT2D eigenvalue weighted by Crippen LogP contribution is 2.26. The van der Waals surface area contributed by atoms with Gasteiger partial charge in [-0.2, -0.15) is 0 Å². The van der Waals surface area contributed by atoms with E-state index in [1.54, 1.807) is 32.2 Å². The number of unbranched alkanes of at least 4 members (excludes halogenated alkanes) is 1. The van der Waals surface area contributed by atoms with Crippen molar-refractivity contribution in [2.24, 2.45) is 0 Å². The van der Waals surface area contributed by atoms with E-state index in [9.17, 15) is 14.4 Å². The summed E-state index contributed by atoms with van der Waals surface area (Å²) < 4.78 is 7.07. The lowest BCUT2D eigenvalue weighted by molar-refractivity contribution is -0.143. The van der Waals surface area contributed by atoms with Gasteiger partial charge in [-0.15, -0.1) is 0 Å². The number of ether oxygens (including phenoxy) is 1. The van der Waals surface area contributed by atoms with Gasteiger partial charge in [-0.25, -0.2) is 9.80 Å². The fourth-order valence-corrected chi connectivity index (χ4v) is 3.78. The number of carbonyl (C=O) groups is 3. The fraction of sp³-hybridized carbons (Fsp3) is 0.375. The van der Waals surface area contributed by atoms with Gasteiger partial charge in [0.25, 0.3) is 11.8 Å². The van der Waals surface area contributed by atoms with E-state index in [-0.39, 0.29) is 23.4 Å². The molecule has 0 atom stereocenters. The van der Waals surface area contributed by atoms with Gasteiger partial charge in [0.05, 0.1) is 12.2 Å². The molecule has 1 aliphatic heterocycles. The zero-order valence-corrected chi connectivity index (χ0v) is 18.8. The summed E-state index contributed by atoms with van der Waals surface area (Å²) in [4.78, 5) is 37.4. The number of hydrogen-bond donors (Lipinski definition) is 0. The summed E-state index contributed by atoms with van der Waals surface area (Å²) in [6.45, 7) is 8.59. The van der Waals surface area contributed by atoms with Crippen molar-refractivity contribution in [3.8, 4) is 5.69 Å². The maximum atomic E-state index is 12.8. The lowest BCUT2D eigenvalue weighted by atomic mass is 10.1. The number of nitrogens with zero attached hydrogens (tertiary/aromatic N) is 3. The molecule has 31 heavy (non-hydrogen) atoms. The summed E-state index contributed by atoms with van der Waals surface area (Å²) >= 11 is 0. The highest BCUT2D eigenvalue weighted by molar-refractivity contribution is 6.25. The summed E-state index contributed by atoms with van der Waals surface area (Å²) in [5, 5.41) is 2.90. The predicted octanol–water partition coefficient (Wildman–Crippen LogP) is 3.67. The van der Waals surface area contributed by atoms with Crippen LogP contribution >= 0.6 is 0 Å². The zero-order chi connectivity index (χ0) is 22.7. The second kappa shape index (κ2) is 9.20. The van der Waals surface area contributed by atoms with Crippen molar-refractivity contribution in [1.82, 2.24) is 14.6 Å². The molecule has 0 unspecified atom stereocenters. The second-order valence-corrected chi connectivity index (χ2v) is 7.60. The number of aromatic nitrogens is 1. The Kier molecular flexibility index (Phi) is 6.63. The van der Waals surface area contributed by atoms with E-state index in [1.807, 2.05) is 43.5 Å². The Morgan fingerprint density at radius 1 is 1.06 bits per heavy atom. The van der Waals surface area contributed by atoms with Gasteiger partial charge in [0.2, 0.25) is 0 Å². The van der Waals surface area contributed by atoms with Crippen molar-refractivity contribution in [3.63, 3.8) is 0 Å². The molecular formula is C24H29N3O4. The Morgan fingerprint density at radius 3 is 2.35 bits per heavy atom. The monoisotopic (exact) mass is 423 g/mol. The van der Waals surface area contributed by atoms with Crippen LogP contribution < -0.4 is 0 Å². The Bertz CT molecular complexity index is 1030. The number of amides is 2. The lowest BCUT2D eigenvalue weighted by Crippen LogP contribution is -2.38. The third-order valence-corrected chi connectivity index (χ3v) is 5.48. The van der Waals surface area contributed by atoms with Crippen molar-refractivity contribution in [2.75, 3.05) is 20.2 Å². The lowest BCUT2D eigenvalue weighted by Gasteiger charge is -2.22. The van der Waals surface area contributed by atoms with Crippen LogP contribution in [0.5, 0.6) is 0 Å². The van der Waals surface area contributed by atoms with E-state index in [2.05, 4.69) is 0 Å². The van der Waals surface area contributed by atoms with Crippen molar-refractivity contribution >= 4 is 23.9 Å². The topological polar surface area (TPSA) is 71.9 Å². The SMILES string of the molecule is CCCCN1C(=O)/C(=C/c2cc(C)n(-c3ccc(C(=O)OCC)cc3)c2C)C(=O)N1C. The van der Waals surface area contributed by atoms with E-state index in [0.717, 1.165) is 35.5 Å². The number of aryl methyl sites for hydroxylation is 1. The standard InChI is InChI=1S/C24H29N3O4/c1-6-8-13-26-23(29)21(22(28)25(26)5)15-19-14-16(3)27(17(19)4)20-11-9-18(10-12-20)24(30)31-7-2/h9-12,14-15H,6-8,13H2,1-5H3/b21-15+. The summed E-state index contributed by atoms with van der Waals surface area (Å²) in [6.07, 6.45) is 3.47. The number of hydrazine groups is 1. The Hall–Kier alpha value is -3.35. The Balaban J connectivity index is 1.92. The van der Waals surface area contributed by atoms with Crippen molar-refractivity contribution in [2.45, 2.75) is 40.5 Å². The molecule has 1 aromatic carbocycles. The molecule has 2 aromatic rings. The molecular weight excluding hydrogens is 394 g/mol. The number of carbonyl (C=O) groups excluding carboxylic acids is 3. The van der Waals surface area contributed by atoms with Crippen LogP contribution in [0.2, 0.25) is 0 Å². The van der Waals surface area contributed by atoms with Crippen LogP contribution in [0.3, 0.4) is 0 Å². The Labute approximate surface area is 182 Å². The minimum absolute atomic E-state index is 0.177. The summed E-state index contributed by atoms with van der Waals surface area (Å²) in [5.74, 6) is -0.898. The number of likely N-dealkylation sites (N-methyl/N-ethyl adjacent to an activating group) is 1. The van der Waals surface area contributed by atoms with Gasteiger partial charge in [-0.1, -0.05) is 13.3 Å². The molecule has 0 spiro atoms. The first-order valence-corrected chi connectivity index (χ1v) is 10.6. The molecule has 7 nitrogen and oxygen atoms in total. The summed E-state index contributed by atoms with van der Waals surface area (Å²) in [6, 6.07) is 9.13. The molecule has 0 N–H and O–H groups in total. The molecule has 2 heterocycles. The molecule has 3 rings (SSSR count). The summed E-state index contributed by atoms with van der Waals surface area (Å²) in [5.41, 5.74) is 4.24. The molecule has 0 saturated carbocycles. The van der Waals surface area contributed by atoms with Crippen molar-refractivity contribution in [3.05, 3.63) is 58.4 Å². The van der Waals surface area contributed by atoms with Crippen LogP contribution in [0.1, 0.15) is 54.0 Å². The van der Waals surface area contributed by atoms with Gasteiger partial charge < -0.3 is 9.30 Å². The molecule has 164 valence electrons. The highest BCUT2D eigenvalue weighted by Gasteiger charge is 2.38. The average molecular weight is 424 g/mol. The third-order valence-electron chi connectivity index (χ3n) is 5.48. The van der Waals surface area contributed by atoms with Crippen LogP contribution in [0.4, 0.5) is 0 Å². The van der Waals surface area contributed by atoms with Crippen LogP contribution in [-0.4, -0.2) is 52.6 Å². The molecule has 7 heteroatoms. The van der Waals surface area contributed by atoms with E-state index >= 15 is 0 Å². The molecule has 1 fully saturated rings. The predicted molar refractivity (Wildman–Crippen MR) is 119 cm³/mol. The normalized spacial score (nSPS) is 15.3. The van der Waals surface area contributed by atoms with Gasteiger partial charge in [0.15, 0.2) is 0 Å². The molecule has 1 saturated heterocycles. The van der Waals surface area contributed by atoms with Gasteiger partial charge in [0.1, 0.15) is 5.57 Å².